The van der Waals surface area contributed by atoms with Gasteiger partial charge in [-0.3, -0.25) is 14.5 Å². The third-order valence-electron chi connectivity index (χ3n) is 5.75. The summed E-state index contributed by atoms with van der Waals surface area (Å²) in [5.74, 6) is 0.259. The maximum Gasteiger partial charge on any atom is 0.239 e. The van der Waals surface area contributed by atoms with E-state index in [9.17, 15) is 14.9 Å². The molecular formula is C23H27N5O3. The van der Waals surface area contributed by atoms with Crippen LogP contribution in [0.4, 0.5) is 11.5 Å². The smallest absolute Gasteiger partial charge is 0.239 e. The molecule has 1 aliphatic rings. The van der Waals surface area contributed by atoms with Crippen molar-refractivity contribution in [2.45, 2.75) is 32.1 Å². The lowest BCUT2D eigenvalue weighted by atomic mass is 9.70. The molecule has 3 N–H and O–H groups in total. The largest absolute Gasteiger partial charge is 0.477 e. The third-order valence-corrected chi connectivity index (χ3v) is 5.75. The van der Waals surface area contributed by atoms with Gasteiger partial charge >= 0.3 is 0 Å². The number of Topliss-reactive ketones (excluding diaryl/α,β-unsaturated/α-hetero) is 1. The molecule has 2 aromatic rings. The van der Waals surface area contributed by atoms with Crippen molar-refractivity contribution in [1.29, 1.82) is 5.26 Å². The van der Waals surface area contributed by atoms with E-state index in [0.717, 1.165) is 5.56 Å². The number of aromatic nitrogens is 1. The highest BCUT2D eigenvalue weighted by molar-refractivity contribution is 5.92. The van der Waals surface area contributed by atoms with Gasteiger partial charge in [0.2, 0.25) is 11.8 Å². The number of nitrogens with zero attached hydrogens (tertiary/aromatic N) is 3. The minimum absolute atomic E-state index is 0.104. The summed E-state index contributed by atoms with van der Waals surface area (Å²) >= 11 is 0. The number of rotatable bonds is 7. The highest BCUT2D eigenvalue weighted by atomic mass is 16.5. The minimum atomic E-state index is -0.496. The van der Waals surface area contributed by atoms with Gasteiger partial charge in [0.05, 0.1) is 24.3 Å². The van der Waals surface area contributed by atoms with Crippen LogP contribution < -0.4 is 15.8 Å². The maximum absolute atomic E-state index is 12.6. The zero-order valence-electron chi connectivity index (χ0n) is 17.9. The Morgan fingerprint density at radius 3 is 2.55 bits per heavy atom. The molecule has 0 atom stereocenters. The number of nitrogens with two attached hydrogens (primary N) is 1. The zero-order chi connectivity index (χ0) is 22.4. The molecule has 0 spiro atoms. The molecular weight excluding hydrogens is 394 g/mol. The van der Waals surface area contributed by atoms with Crippen LogP contribution >= 0.6 is 0 Å². The number of hydrogen-bond acceptors (Lipinski definition) is 7. The van der Waals surface area contributed by atoms with E-state index in [1.54, 1.807) is 13.8 Å². The molecule has 31 heavy (non-hydrogen) atoms. The SMILES string of the molecule is CCOc1nc(NC(=O)CN2CCC(C(C)=O)(c3ccccc3)CC2)cc(N)c1C#N. The predicted octanol–water partition coefficient (Wildman–Crippen LogP) is 2.50. The first kappa shape index (κ1) is 22.2. The number of benzene rings is 1. The number of ether oxygens (including phenoxy) is 1. The van der Waals surface area contributed by atoms with Crippen molar-refractivity contribution < 1.29 is 14.3 Å². The van der Waals surface area contributed by atoms with E-state index in [1.165, 1.54) is 6.07 Å². The van der Waals surface area contributed by atoms with E-state index in [0.29, 0.717) is 32.5 Å². The van der Waals surface area contributed by atoms with E-state index in [-0.39, 0.29) is 41.2 Å². The molecule has 162 valence electrons. The van der Waals surface area contributed by atoms with Gasteiger partial charge in [-0.05, 0) is 45.3 Å². The molecule has 0 radical (unpaired) electrons. The lowest BCUT2D eigenvalue weighted by molar-refractivity contribution is -0.124. The lowest BCUT2D eigenvalue weighted by Gasteiger charge is -2.40. The Morgan fingerprint density at radius 2 is 1.97 bits per heavy atom. The molecule has 1 fully saturated rings. The topological polar surface area (TPSA) is 121 Å². The van der Waals surface area contributed by atoms with Crippen molar-refractivity contribution in [2.75, 3.05) is 37.3 Å². The molecule has 1 amide bonds. The van der Waals surface area contributed by atoms with E-state index >= 15 is 0 Å². The number of pyridine rings is 1. The van der Waals surface area contributed by atoms with Gasteiger partial charge in [-0.15, -0.1) is 0 Å². The normalized spacial score (nSPS) is 15.6. The minimum Gasteiger partial charge on any atom is -0.477 e. The first-order valence-electron chi connectivity index (χ1n) is 10.3. The van der Waals surface area contributed by atoms with Gasteiger partial charge in [-0.25, -0.2) is 0 Å². The molecule has 1 aliphatic heterocycles. The van der Waals surface area contributed by atoms with Gasteiger partial charge in [0.1, 0.15) is 23.2 Å². The Balaban J connectivity index is 1.64. The Labute approximate surface area is 182 Å². The van der Waals surface area contributed by atoms with Crippen LogP contribution in [0.25, 0.3) is 0 Å². The Kier molecular flexibility index (Phi) is 6.88. The summed E-state index contributed by atoms with van der Waals surface area (Å²) in [7, 11) is 0. The number of carbonyl (C=O) groups excluding carboxylic acids is 2. The standard InChI is InChI=1S/C23H27N5O3/c1-3-31-22-18(14-24)19(25)13-20(27-22)26-21(30)15-28-11-9-23(10-12-28,16(2)29)17-7-5-4-6-8-17/h4-8,13H,3,9-12,15H2,1-2H3,(H3,25,26,27,30). The van der Waals surface area contributed by atoms with Crippen molar-refractivity contribution in [3.05, 3.63) is 47.5 Å². The fraction of sp³-hybridized carbons (Fsp3) is 0.391. The van der Waals surface area contributed by atoms with Gasteiger partial charge < -0.3 is 15.8 Å². The summed E-state index contributed by atoms with van der Waals surface area (Å²) < 4.78 is 5.36. The van der Waals surface area contributed by atoms with Crippen molar-refractivity contribution in [3.63, 3.8) is 0 Å². The van der Waals surface area contributed by atoms with Crippen molar-refractivity contribution >= 4 is 23.2 Å². The van der Waals surface area contributed by atoms with Crippen molar-refractivity contribution in [3.8, 4) is 11.9 Å². The average Bonchev–Trinajstić information content (AvgIpc) is 2.75. The number of nitrogens with one attached hydrogen (secondary N) is 1. The molecule has 0 bridgehead atoms. The molecule has 1 aromatic heterocycles. The second kappa shape index (κ2) is 9.58. The fourth-order valence-electron chi connectivity index (χ4n) is 4.04. The van der Waals surface area contributed by atoms with Crippen LogP contribution in [-0.2, 0) is 15.0 Å². The van der Waals surface area contributed by atoms with E-state index in [2.05, 4.69) is 10.3 Å². The van der Waals surface area contributed by atoms with E-state index in [1.807, 2.05) is 41.3 Å². The molecule has 0 saturated carbocycles. The molecule has 1 aromatic carbocycles. The van der Waals surface area contributed by atoms with Crippen LogP contribution in [0.3, 0.4) is 0 Å². The molecule has 3 rings (SSSR count). The summed E-state index contributed by atoms with van der Waals surface area (Å²) in [6, 6.07) is 13.3. The summed E-state index contributed by atoms with van der Waals surface area (Å²) in [6.45, 7) is 5.19. The average molecular weight is 422 g/mol. The van der Waals surface area contributed by atoms with Gasteiger partial charge in [0.15, 0.2) is 0 Å². The Morgan fingerprint density at radius 1 is 1.29 bits per heavy atom. The quantitative estimate of drug-likeness (QED) is 0.704. The number of nitriles is 1. The number of piperidine rings is 1. The molecule has 8 heteroatoms. The summed E-state index contributed by atoms with van der Waals surface area (Å²) in [5.41, 5.74) is 6.79. The van der Waals surface area contributed by atoms with Gasteiger partial charge in [-0.2, -0.15) is 10.2 Å². The van der Waals surface area contributed by atoms with Gasteiger partial charge in [0.25, 0.3) is 0 Å². The van der Waals surface area contributed by atoms with E-state index < -0.39 is 5.41 Å². The molecule has 0 unspecified atom stereocenters. The van der Waals surface area contributed by atoms with E-state index in [4.69, 9.17) is 10.5 Å². The van der Waals surface area contributed by atoms with Crippen LogP contribution in [0, 0.1) is 11.3 Å². The molecule has 2 heterocycles. The van der Waals surface area contributed by atoms with Gasteiger partial charge in [0, 0.05) is 6.07 Å². The molecule has 0 aliphatic carbocycles. The fourth-order valence-corrected chi connectivity index (χ4v) is 4.04. The van der Waals surface area contributed by atoms with Crippen LogP contribution in [0.15, 0.2) is 36.4 Å². The van der Waals surface area contributed by atoms with Crippen LogP contribution in [0.1, 0.15) is 37.8 Å². The van der Waals surface area contributed by atoms with Crippen LogP contribution in [0.5, 0.6) is 5.88 Å². The zero-order valence-corrected chi connectivity index (χ0v) is 17.9. The monoisotopic (exact) mass is 421 g/mol. The maximum atomic E-state index is 12.6. The first-order chi connectivity index (χ1) is 14.9. The van der Waals surface area contributed by atoms with Gasteiger partial charge in [-0.1, -0.05) is 30.3 Å². The van der Waals surface area contributed by atoms with Crippen molar-refractivity contribution in [1.82, 2.24) is 9.88 Å². The Bertz CT molecular complexity index is 992. The predicted molar refractivity (Wildman–Crippen MR) is 118 cm³/mol. The second-order valence-electron chi connectivity index (χ2n) is 7.65. The first-order valence-corrected chi connectivity index (χ1v) is 10.3. The second-order valence-corrected chi connectivity index (χ2v) is 7.65. The van der Waals surface area contributed by atoms with Crippen LogP contribution in [0.2, 0.25) is 0 Å². The Hall–Kier alpha value is -3.44. The number of hydrogen-bond donors (Lipinski definition) is 2. The highest BCUT2D eigenvalue weighted by Crippen LogP contribution is 2.36. The number of nitrogen functional groups attached to an aromatic ring is 1. The molecule has 1 saturated heterocycles. The number of likely N-dealkylation sites (tertiary alicyclic amines) is 1. The van der Waals surface area contributed by atoms with Crippen LogP contribution in [-0.4, -0.2) is 47.8 Å². The number of ketones is 1. The number of amides is 1. The third kappa shape index (κ3) is 4.84. The number of anilines is 2. The molecule has 8 nitrogen and oxygen atoms in total. The highest BCUT2D eigenvalue weighted by Gasteiger charge is 2.40. The lowest BCUT2D eigenvalue weighted by Crippen LogP contribution is -2.48. The van der Waals surface area contributed by atoms with Crippen molar-refractivity contribution in [2.24, 2.45) is 0 Å². The summed E-state index contributed by atoms with van der Waals surface area (Å²) in [5, 5.41) is 11.9. The summed E-state index contributed by atoms with van der Waals surface area (Å²) in [4.78, 5) is 31.3. The number of carbonyl (C=O) groups is 2. The summed E-state index contributed by atoms with van der Waals surface area (Å²) in [6.07, 6.45) is 1.33.